The highest BCUT2D eigenvalue weighted by molar-refractivity contribution is 6.34. The fourth-order valence-corrected chi connectivity index (χ4v) is 4.41. The molecule has 3 aromatic rings. The zero-order valence-corrected chi connectivity index (χ0v) is 19.6. The number of hydrogen-bond donors (Lipinski definition) is 1. The molecule has 0 saturated heterocycles. The van der Waals surface area contributed by atoms with Gasteiger partial charge >= 0.3 is 0 Å². The quantitative estimate of drug-likeness (QED) is 0.479. The summed E-state index contributed by atoms with van der Waals surface area (Å²) in [6, 6.07) is 19.0. The van der Waals surface area contributed by atoms with Gasteiger partial charge in [-0.05, 0) is 85.8 Å². The van der Waals surface area contributed by atoms with Crippen molar-refractivity contribution in [1.29, 1.82) is 0 Å². The molecule has 1 heterocycles. The molecule has 7 heteroatoms. The molecule has 2 aliphatic rings. The van der Waals surface area contributed by atoms with Crippen molar-refractivity contribution in [3.05, 3.63) is 89.0 Å². The van der Waals surface area contributed by atoms with Crippen LogP contribution in [0.2, 0.25) is 0 Å². The first-order valence-corrected chi connectivity index (χ1v) is 11.7. The van der Waals surface area contributed by atoms with Gasteiger partial charge in [-0.1, -0.05) is 12.1 Å². The molecule has 1 aliphatic carbocycles. The predicted octanol–water partition coefficient (Wildman–Crippen LogP) is 4.78. The van der Waals surface area contributed by atoms with Crippen molar-refractivity contribution in [1.82, 2.24) is 5.32 Å². The van der Waals surface area contributed by atoms with Gasteiger partial charge in [-0.25, -0.2) is 4.90 Å². The molecule has 1 aliphatic heterocycles. The summed E-state index contributed by atoms with van der Waals surface area (Å²) in [6.45, 7) is 2.41. The van der Waals surface area contributed by atoms with Crippen LogP contribution in [0.3, 0.4) is 0 Å². The van der Waals surface area contributed by atoms with Crippen LogP contribution in [-0.4, -0.2) is 31.4 Å². The van der Waals surface area contributed by atoms with Crippen molar-refractivity contribution in [2.45, 2.75) is 25.8 Å². The van der Waals surface area contributed by atoms with Crippen molar-refractivity contribution in [2.75, 3.05) is 18.6 Å². The number of fused-ring (bicyclic) bond motifs is 1. The van der Waals surface area contributed by atoms with E-state index < -0.39 is 11.8 Å². The van der Waals surface area contributed by atoms with Gasteiger partial charge in [0.05, 0.1) is 36.6 Å². The molecule has 0 aromatic heterocycles. The molecule has 3 amide bonds. The lowest BCUT2D eigenvalue weighted by atomic mass is 10.0. The summed E-state index contributed by atoms with van der Waals surface area (Å²) in [6.07, 6.45) is 2.09. The van der Waals surface area contributed by atoms with Gasteiger partial charge < -0.3 is 14.8 Å². The number of hydrogen-bond acceptors (Lipinski definition) is 5. The highest BCUT2D eigenvalue weighted by Gasteiger charge is 2.38. The van der Waals surface area contributed by atoms with Gasteiger partial charge in [0.1, 0.15) is 11.5 Å². The Hall–Kier alpha value is -4.13. The third-order valence-corrected chi connectivity index (χ3v) is 6.41. The predicted molar refractivity (Wildman–Crippen MR) is 131 cm³/mol. The average molecular weight is 471 g/mol. The molecule has 0 bridgehead atoms. The molecule has 1 fully saturated rings. The van der Waals surface area contributed by atoms with E-state index in [9.17, 15) is 14.4 Å². The Labute approximate surface area is 203 Å². The number of nitrogens with one attached hydrogen (secondary N) is 1. The molecule has 3 aromatic carbocycles. The Balaban J connectivity index is 1.36. The number of nitrogens with zero attached hydrogens (tertiary/aromatic N) is 1. The maximum atomic E-state index is 13.2. The van der Waals surface area contributed by atoms with E-state index >= 15 is 0 Å². The highest BCUT2D eigenvalue weighted by atomic mass is 16.5. The van der Waals surface area contributed by atoms with Gasteiger partial charge in [-0.15, -0.1) is 0 Å². The summed E-state index contributed by atoms with van der Waals surface area (Å²) in [5.41, 5.74) is 2.32. The number of methoxy groups -OCH3 is 1. The molecular weight excluding hydrogens is 444 g/mol. The monoisotopic (exact) mass is 470 g/mol. The van der Waals surface area contributed by atoms with Crippen molar-refractivity contribution < 1.29 is 23.9 Å². The molecule has 1 unspecified atom stereocenters. The highest BCUT2D eigenvalue weighted by Crippen LogP contribution is 2.41. The van der Waals surface area contributed by atoms with Crippen LogP contribution in [0.1, 0.15) is 62.4 Å². The first kappa shape index (κ1) is 22.7. The summed E-state index contributed by atoms with van der Waals surface area (Å²) >= 11 is 0. The zero-order chi connectivity index (χ0) is 24.5. The lowest BCUT2D eigenvalue weighted by Gasteiger charge is -2.19. The maximum Gasteiger partial charge on any atom is 0.266 e. The normalized spacial score (nSPS) is 15.5. The van der Waals surface area contributed by atoms with Gasteiger partial charge in [0, 0.05) is 5.56 Å². The number of ether oxygens (including phenoxy) is 2. The van der Waals surface area contributed by atoms with Crippen LogP contribution in [0.15, 0.2) is 66.7 Å². The smallest absolute Gasteiger partial charge is 0.266 e. The average Bonchev–Trinajstić information content (AvgIpc) is 3.70. The van der Waals surface area contributed by atoms with Crippen LogP contribution in [-0.2, 0) is 0 Å². The van der Waals surface area contributed by atoms with Crippen LogP contribution >= 0.6 is 0 Å². The molecule has 7 nitrogen and oxygen atoms in total. The summed E-state index contributed by atoms with van der Waals surface area (Å²) in [4.78, 5) is 40.4. The van der Waals surface area contributed by atoms with Gasteiger partial charge in [0.15, 0.2) is 0 Å². The van der Waals surface area contributed by atoms with Gasteiger partial charge in [-0.3, -0.25) is 14.4 Å². The third kappa shape index (κ3) is 4.37. The van der Waals surface area contributed by atoms with Crippen LogP contribution in [0.5, 0.6) is 11.5 Å². The minimum atomic E-state index is -0.447. The number of amides is 3. The largest absolute Gasteiger partial charge is 0.497 e. The van der Waals surface area contributed by atoms with Crippen molar-refractivity contribution in [3.63, 3.8) is 0 Å². The summed E-state index contributed by atoms with van der Waals surface area (Å²) in [5.74, 6) is 0.663. The molecule has 178 valence electrons. The SMILES string of the molecule is CCOc1ccc(N2C(=O)c3ccc(C(=O)NC(c4ccc(OC)cc4)C4CC4)cc3C2=O)cc1. The van der Waals surface area contributed by atoms with Crippen molar-refractivity contribution in [2.24, 2.45) is 5.92 Å². The van der Waals surface area contributed by atoms with Crippen LogP contribution < -0.4 is 19.7 Å². The standard InChI is InChI=1S/C28H26N2O5/c1-3-35-22-13-9-20(10-14-22)30-27(32)23-15-8-19(16-24(23)28(30)33)26(31)29-25(17-4-5-17)18-6-11-21(34-2)12-7-18/h6-17,25H,3-5H2,1-2H3,(H,29,31). The lowest BCUT2D eigenvalue weighted by molar-refractivity contribution is 0.0919. The van der Waals surface area contributed by atoms with E-state index in [0.717, 1.165) is 29.1 Å². The van der Waals surface area contributed by atoms with Crippen LogP contribution in [0, 0.1) is 5.92 Å². The molecule has 1 saturated carbocycles. The number of carbonyl (C=O) groups is 3. The molecular formula is C28H26N2O5. The van der Waals surface area contributed by atoms with E-state index in [1.165, 1.54) is 6.07 Å². The maximum absolute atomic E-state index is 13.2. The second kappa shape index (κ2) is 9.25. The van der Waals surface area contributed by atoms with E-state index in [1.54, 1.807) is 43.5 Å². The Bertz CT molecular complexity index is 1280. The summed E-state index contributed by atoms with van der Waals surface area (Å²) < 4.78 is 10.7. The number of carbonyl (C=O) groups excluding carboxylic acids is 3. The number of benzene rings is 3. The Morgan fingerprint density at radius 2 is 1.60 bits per heavy atom. The Morgan fingerprint density at radius 1 is 0.943 bits per heavy atom. The molecule has 0 radical (unpaired) electrons. The van der Waals surface area contributed by atoms with Crippen LogP contribution in [0.4, 0.5) is 5.69 Å². The lowest BCUT2D eigenvalue weighted by Crippen LogP contribution is -2.30. The first-order valence-electron chi connectivity index (χ1n) is 11.7. The summed E-state index contributed by atoms with van der Waals surface area (Å²) in [7, 11) is 1.62. The Morgan fingerprint density at radius 3 is 2.23 bits per heavy atom. The zero-order valence-electron chi connectivity index (χ0n) is 19.6. The van der Waals surface area contributed by atoms with Gasteiger partial charge in [-0.2, -0.15) is 0 Å². The molecule has 1 atom stereocenters. The van der Waals surface area contributed by atoms with Crippen molar-refractivity contribution >= 4 is 23.4 Å². The fraction of sp³-hybridized carbons (Fsp3) is 0.250. The fourth-order valence-electron chi connectivity index (χ4n) is 4.41. The van der Waals surface area contributed by atoms with E-state index in [0.29, 0.717) is 29.5 Å². The topological polar surface area (TPSA) is 84.9 Å². The van der Waals surface area contributed by atoms with E-state index in [4.69, 9.17) is 9.47 Å². The van der Waals surface area contributed by atoms with Gasteiger partial charge in [0.25, 0.3) is 17.7 Å². The molecule has 1 N–H and O–H groups in total. The summed E-state index contributed by atoms with van der Waals surface area (Å²) in [5, 5.41) is 3.12. The molecule has 0 spiro atoms. The third-order valence-electron chi connectivity index (χ3n) is 6.41. The molecule has 5 rings (SSSR count). The second-order valence-corrected chi connectivity index (χ2v) is 8.69. The van der Waals surface area contributed by atoms with Gasteiger partial charge in [0.2, 0.25) is 0 Å². The number of anilines is 1. The van der Waals surface area contributed by atoms with Crippen molar-refractivity contribution in [3.8, 4) is 11.5 Å². The Kier molecular flexibility index (Phi) is 5.99. The minimum absolute atomic E-state index is 0.126. The second-order valence-electron chi connectivity index (χ2n) is 8.69. The molecule has 35 heavy (non-hydrogen) atoms. The van der Waals surface area contributed by atoms with E-state index in [-0.39, 0.29) is 23.1 Å². The number of imide groups is 1. The van der Waals surface area contributed by atoms with E-state index in [2.05, 4.69) is 5.32 Å². The van der Waals surface area contributed by atoms with Crippen LogP contribution in [0.25, 0.3) is 0 Å². The first-order chi connectivity index (χ1) is 17.0. The minimum Gasteiger partial charge on any atom is -0.497 e. The van der Waals surface area contributed by atoms with E-state index in [1.807, 2.05) is 31.2 Å². The number of rotatable bonds is 8.